The Hall–Kier alpha value is -1.61. The first-order chi connectivity index (χ1) is 10.2. The maximum absolute atomic E-state index is 12.3. The molecule has 1 N–H and O–H groups in total. The summed E-state index contributed by atoms with van der Waals surface area (Å²) in [4.78, 5) is 12.3. The van der Waals surface area contributed by atoms with Crippen molar-refractivity contribution in [3.8, 4) is 0 Å². The fraction of sp³-hybridized carbons (Fsp3) is 0.500. The van der Waals surface area contributed by atoms with Crippen molar-refractivity contribution >= 4 is 5.91 Å². The smallest absolute Gasteiger partial charge is 0.223 e. The molecular weight excluding hydrogens is 262 g/mol. The molecule has 0 saturated carbocycles. The molecule has 0 fully saturated rings. The van der Waals surface area contributed by atoms with Crippen LogP contribution in [0.2, 0.25) is 0 Å². The Morgan fingerprint density at radius 1 is 1.33 bits per heavy atom. The molecule has 0 bridgehead atoms. The van der Waals surface area contributed by atoms with Gasteiger partial charge in [0.25, 0.3) is 0 Å². The van der Waals surface area contributed by atoms with E-state index in [1.54, 1.807) is 7.11 Å². The van der Waals surface area contributed by atoms with Crippen LogP contribution in [0, 0.1) is 5.92 Å². The van der Waals surface area contributed by atoms with Gasteiger partial charge in [0, 0.05) is 13.0 Å². The molecule has 114 valence electrons. The average Bonchev–Trinajstić information content (AvgIpc) is 2.58. The molecule has 1 aliphatic carbocycles. The molecule has 1 aromatic rings. The predicted octanol–water partition coefficient (Wildman–Crippen LogP) is 3.41. The molecule has 0 heterocycles. The lowest BCUT2D eigenvalue weighted by atomic mass is 9.89. The third-order valence-electron chi connectivity index (χ3n) is 4.45. The van der Waals surface area contributed by atoms with Crippen LogP contribution in [0.3, 0.4) is 0 Å². The lowest BCUT2D eigenvalue weighted by molar-refractivity contribution is -0.127. The van der Waals surface area contributed by atoms with Gasteiger partial charge in [0.2, 0.25) is 5.91 Å². The van der Waals surface area contributed by atoms with Crippen LogP contribution < -0.4 is 5.32 Å². The van der Waals surface area contributed by atoms with Gasteiger partial charge in [-0.05, 0) is 31.2 Å². The number of carbonyl (C=O) groups excluding carboxylic acids is 1. The van der Waals surface area contributed by atoms with Gasteiger partial charge in [0.05, 0.1) is 6.54 Å². The molecule has 1 amide bonds. The lowest BCUT2D eigenvalue weighted by Crippen LogP contribution is -2.44. The minimum absolute atomic E-state index is 0.109. The van der Waals surface area contributed by atoms with Gasteiger partial charge in [0.1, 0.15) is 5.60 Å². The SMILES string of the molecule is CC[C@](CNC(=O)[C@H]1CC=CCC1)(OC)c1ccccc1. The zero-order valence-corrected chi connectivity index (χ0v) is 13.0. The molecular formula is C18H25NO2. The number of rotatable bonds is 6. The minimum Gasteiger partial charge on any atom is -0.372 e. The molecule has 1 aromatic carbocycles. The van der Waals surface area contributed by atoms with Gasteiger partial charge in [0.15, 0.2) is 0 Å². The summed E-state index contributed by atoms with van der Waals surface area (Å²) in [7, 11) is 1.71. The van der Waals surface area contributed by atoms with Crippen LogP contribution in [0.4, 0.5) is 0 Å². The molecule has 0 radical (unpaired) electrons. The third kappa shape index (κ3) is 3.73. The summed E-state index contributed by atoms with van der Waals surface area (Å²) in [6.07, 6.45) is 7.87. The van der Waals surface area contributed by atoms with E-state index in [-0.39, 0.29) is 11.8 Å². The van der Waals surface area contributed by atoms with E-state index in [0.717, 1.165) is 31.2 Å². The molecule has 3 nitrogen and oxygen atoms in total. The number of hydrogen-bond donors (Lipinski definition) is 1. The first-order valence-corrected chi connectivity index (χ1v) is 7.75. The highest BCUT2D eigenvalue weighted by molar-refractivity contribution is 5.79. The molecule has 2 rings (SSSR count). The summed E-state index contributed by atoms with van der Waals surface area (Å²) in [6.45, 7) is 2.61. The fourth-order valence-electron chi connectivity index (χ4n) is 2.91. The molecule has 0 saturated heterocycles. The van der Waals surface area contributed by atoms with E-state index in [0.29, 0.717) is 6.54 Å². The van der Waals surface area contributed by atoms with E-state index < -0.39 is 5.60 Å². The monoisotopic (exact) mass is 287 g/mol. The second-order valence-electron chi connectivity index (χ2n) is 5.62. The number of allylic oxidation sites excluding steroid dienone is 2. The van der Waals surface area contributed by atoms with Gasteiger partial charge in [-0.25, -0.2) is 0 Å². The van der Waals surface area contributed by atoms with Gasteiger partial charge < -0.3 is 10.1 Å². The van der Waals surface area contributed by atoms with Crippen LogP contribution in [-0.2, 0) is 15.1 Å². The molecule has 0 spiro atoms. The fourth-order valence-corrected chi connectivity index (χ4v) is 2.91. The summed E-state index contributed by atoms with van der Waals surface area (Å²) >= 11 is 0. The van der Waals surface area contributed by atoms with E-state index in [9.17, 15) is 4.79 Å². The number of ether oxygens (including phenoxy) is 1. The molecule has 1 aliphatic rings. The van der Waals surface area contributed by atoms with Crippen LogP contribution in [0.1, 0.15) is 38.2 Å². The van der Waals surface area contributed by atoms with Crippen molar-refractivity contribution in [1.29, 1.82) is 0 Å². The van der Waals surface area contributed by atoms with E-state index in [1.807, 2.05) is 18.2 Å². The Morgan fingerprint density at radius 3 is 2.67 bits per heavy atom. The van der Waals surface area contributed by atoms with Gasteiger partial charge in [-0.1, -0.05) is 49.4 Å². The van der Waals surface area contributed by atoms with Crippen LogP contribution in [-0.4, -0.2) is 19.6 Å². The van der Waals surface area contributed by atoms with Gasteiger partial charge in [-0.15, -0.1) is 0 Å². The normalized spacial score (nSPS) is 20.8. The highest BCUT2D eigenvalue weighted by Crippen LogP contribution is 2.28. The minimum atomic E-state index is -0.443. The number of benzene rings is 1. The molecule has 3 heteroatoms. The van der Waals surface area contributed by atoms with Gasteiger partial charge in [-0.2, -0.15) is 0 Å². The average molecular weight is 287 g/mol. The van der Waals surface area contributed by atoms with Crippen LogP contribution >= 0.6 is 0 Å². The third-order valence-corrected chi connectivity index (χ3v) is 4.45. The second-order valence-corrected chi connectivity index (χ2v) is 5.62. The van der Waals surface area contributed by atoms with E-state index in [2.05, 4.69) is 36.5 Å². The highest BCUT2D eigenvalue weighted by atomic mass is 16.5. The van der Waals surface area contributed by atoms with Gasteiger partial charge in [-0.3, -0.25) is 4.79 Å². The topological polar surface area (TPSA) is 38.3 Å². The summed E-state index contributed by atoms with van der Waals surface area (Å²) in [5.41, 5.74) is 0.667. The number of amides is 1. The maximum Gasteiger partial charge on any atom is 0.223 e. The zero-order valence-electron chi connectivity index (χ0n) is 13.0. The Labute approximate surface area is 127 Å². The van der Waals surface area contributed by atoms with Crippen molar-refractivity contribution in [3.05, 3.63) is 48.0 Å². The second kappa shape index (κ2) is 7.41. The highest BCUT2D eigenvalue weighted by Gasteiger charge is 2.31. The van der Waals surface area contributed by atoms with Crippen LogP contribution in [0.15, 0.2) is 42.5 Å². The van der Waals surface area contributed by atoms with Crippen molar-refractivity contribution in [1.82, 2.24) is 5.32 Å². The molecule has 0 unspecified atom stereocenters. The van der Waals surface area contributed by atoms with Crippen molar-refractivity contribution in [2.24, 2.45) is 5.92 Å². The van der Waals surface area contributed by atoms with Crippen LogP contribution in [0.5, 0.6) is 0 Å². The number of carbonyl (C=O) groups is 1. The number of hydrogen-bond acceptors (Lipinski definition) is 2. The van der Waals surface area contributed by atoms with E-state index in [1.165, 1.54) is 0 Å². The van der Waals surface area contributed by atoms with Crippen molar-refractivity contribution in [2.45, 2.75) is 38.2 Å². The Bertz CT molecular complexity index is 477. The Balaban J connectivity index is 2.03. The van der Waals surface area contributed by atoms with Crippen molar-refractivity contribution in [3.63, 3.8) is 0 Å². The molecule has 21 heavy (non-hydrogen) atoms. The number of methoxy groups -OCH3 is 1. The Kier molecular flexibility index (Phi) is 5.57. The van der Waals surface area contributed by atoms with E-state index >= 15 is 0 Å². The quantitative estimate of drug-likeness (QED) is 0.814. The predicted molar refractivity (Wildman–Crippen MR) is 84.9 cm³/mol. The summed E-state index contributed by atoms with van der Waals surface area (Å²) in [5.74, 6) is 0.252. The van der Waals surface area contributed by atoms with E-state index in [4.69, 9.17) is 4.74 Å². The maximum atomic E-state index is 12.3. The first kappa shape index (κ1) is 15.8. The lowest BCUT2D eigenvalue weighted by Gasteiger charge is -2.33. The standard InChI is InChI=1S/C18H25NO2/c1-3-18(21-2,16-12-8-5-9-13-16)14-19-17(20)15-10-6-4-7-11-15/h4-6,8-9,12-13,15H,3,7,10-11,14H2,1-2H3,(H,19,20)/t15-,18+/m0/s1. The van der Waals surface area contributed by atoms with Crippen molar-refractivity contribution < 1.29 is 9.53 Å². The summed E-state index contributed by atoms with van der Waals surface area (Å²) < 4.78 is 5.78. The largest absolute Gasteiger partial charge is 0.372 e. The number of nitrogens with one attached hydrogen (secondary N) is 1. The Morgan fingerprint density at radius 2 is 2.10 bits per heavy atom. The first-order valence-electron chi connectivity index (χ1n) is 7.75. The molecule has 2 atom stereocenters. The summed E-state index contributed by atoms with van der Waals surface area (Å²) in [5, 5.41) is 3.10. The van der Waals surface area contributed by atoms with Gasteiger partial charge >= 0.3 is 0 Å². The molecule has 0 aliphatic heterocycles. The zero-order chi connectivity index (χ0) is 15.1. The van der Waals surface area contributed by atoms with Crippen LogP contribution in [0.25, 0.3) is 0 Å². The molecule has 0 aromatic heterocycles. The summed E-state index contributed by atoms with van der Waals surface area (Å²) in [6, 6.07) is 10.1. The van der Waals surface area contributed by atoms with Crippen molar-refractivity contribution in [2.75, 3.05) is 13.7 Å².